The van der Waals surface area contributed by atoms with Gasteiger partial charge in [-0.05, 0) is 30.4 Å². The number of H-pyrrole nitrogens is 1. The summed E-state index contributed by atoms with van der Waals surface area (Å²) >= 11 is 5.13. The summed E-state index contributed by atoms with van der Waals surface area (Å²) in [5.74, 6) is 0.571. The average Bonchev–Trinajstić information content (AvgIpc) is 2.97. The number of hydrogen-bond acceptors (Lipinski definition) is 3. The van der Waals surface area contributed by atoms with Crippen molar-refractivity contribution in [3.05, 3.63) is 46.6 Å². The van der Waals surface area contributed by atoms with E-state index < -0.39 is 11.7 Å². The highest BCUT2D eigenvalue weighted by Gasteiger charge is 2.30. The minimum absolute atomic E-state index is 0.310. The molecule has 1 aromatic carbocycles. The highest BCUT2D eigenvalue weighted by Crippen LogP contribution is 2.31. The zero-order chi connectivity index (χ0) is 14.3. The van der Waals surface area contributed by atoms with Gasteiger partial charge in [0.15, 0.2) is 10.5 Å². The third-order valence-corrected chi connectivity index (χ3v) is 3.23. The monoisotopic (exact) mass is 299 g/mol. The Morgan fingerprint density at radius 2 is 2.10 bits per heavy atom. The molecule has 104 valence electrons. The van der Waals surface area contributed by atoms with Crippen LogP contribution in [0, 0.1) is 4.77 Å². The summed E-state index contributed by atoms with van der Waals surface area (Å²) in [4.78, 5) is 2.77. The molecule has 0 aliphatic heterocycles. The molecule has 0 bridgehead atoms. The van der Waals surface area contributed by atoms with E-state index in [-0.39, 0.29) is 0 Å². The van der Waals surface area contributed by atoms with E-state index in [1.165, 1.54) is 12.3 Å². The molecule has 0 radical (unpaired) electrons. The van der Waals surface area contributed by atoms with Crippen molar-refractivity contribution in [2.45, 2.75) is 12.7 Å². The summed E-state index contributed by atoms with van der Waals surface area (Å²) in [6.07, 6.45) is -2.88. The SMILES string of the molecule is FC(F)(F)c1ccc2c(c1)[nH]c(=S)n2Cc1ccno1. The maximum atomic E-state index is 12.7. The number of benzene rings is 1. The van der Waals surface area contributed by atoms with Gasteiger partial charge in [0, 0.05) is 6.07 Å². The Balaban J connectivity index is 2.10. The molecule has 0 atom stereocenters. The number of hydrogen-bond donors (Lipinski definition) is 1. The maximum absolute atomic E-state index is 12.7. The van der Waals surface area contributed by atoms with Crippen LogP contribution in [0.3, 0.4) is 0 Å². The van der Waals surface area contributed by atoms with E-state index in [9.17, 15) is 13.2 Å². The Bertz CT molecular complexity index is 802. The molecule has 20 heavy (non-hydrogen) atoms. The van der Waals surface area contributed by atoms with Crippen LogP contribution in [-0.2, 0) is 12.7 Å². The van der Waals surface area contributed by atoms with Gasteiger partial charge in [-0.25, -0.2) is 0 Å². The van der Waals surface area contributed by atoms with Gasteiger partial charge >= 0.3 is 6.18 Å². The third-order valence-electron chi connectivity index (χ3n) is 2.91. The van der Waals surface area contributed by atoms with Gasteiger partial charge in [-0.15, -0.1) is 0 Å². The average molecular weight is 299 g/mol. The normalized spacial score (nSPS) is 12.2. The standard InChI is InChI=1S/C12H8F3N3OS/c13-12(14,15)7-1-2-10-9(5-7)17-11(20)18(10)6-8-3-4-16-19-8/h1-5H,6H2,(H,17,20). The lowest BCUT2D eigenvalue weighted by molar-refractivity contribution is -0.137. The van der Waals surface area contributed by atoms with Crippen LogP contribution in [0.5, 0.6) is 0 Å². The number of rotatable bonds is 2. The van der Waals surface area contributed by atoms with E-state index in [0.29, 0.717) is 28.1 Å². The van der Waals surface area contributed by atoms with Crippen molar-refractivity contribution < 1.29 is 17.7 Å². The van der Waals surface area contributed by atoms with Gasteiger partial charge in [0.25, 0.3) is 0 Å². The van der Waals surface area contributed by atoms with Crippen LogP contribution in [0.25, 0.3) is 11.0 Å². The number of aromatic nitrogens is 3. The van der Waals surface area contributed by atoms with Crippen LogP contribution in [0.4, 0.5) is 13.2 Å². The maximum Gasteiger partial charge on any atom is 0.416 e. The van der Waals surface area contributed by atoms with Crippen molar-refractivity contribution in [2.24, 2.45) is 0 Å². The number of fused-ring (bicyclic) bond motifs is 1. The van der Waals surface area contributed by atoms with Crippen molar-refractivity contribution in [1.29, 1.82) is 0 Å². The molecule has 0 saturated heterocycles. The number of imidazole rings is 1. The predicted molar refractivity (Wildman–Crippen MR) is 67.7 cm³/mol. The summed E-state index contributed by atoms with van der Waals surface area (Å²) < 4.78 is 44.9. The zero-order valence-corrected chi connectivity index (χ0v) is 10.8. The van der Waals surface area contributed by atoms with Gasteiger partial charge in [-0.2, -0.15) is 13.2 Å². The van der Waals surface area contributed by atoms with Crippen LogP contribution in [0.15, 0.2) is 35.0 Å². The largest absolute Gasteiger partial charge is 0.416 e. The Hall–Kier alpha value is -2.09. The van der Waals surface area contributed by atoms with Crippen molar-refractivity contribution in [1.82, 2.24) is 14.7 Å². The summed E-state index contributed by atoms with van der Waals surface area (Å²) in [5.41, 5.74) is 0.205. The molecule has 2 aromatic heterocycles. The van der Waals surface area contributed by atoms with Crippen molar-refractivity contribution in [3.63, 3.8) is 0 Å². The molecule has 4 nitrogen and oxygen atoms in total. The molecule has 0 amide bonds. The first kappa shape index (κ1) is 12.9. The number of halogens is 3. The first-order valence-corrected chi connectivity index (χ1v) is 6.05. The summed E-state index contributed by atoms with van der Waals surface area (Å²) in [6, 6.07) is 5.13. The molecular weight excluding hydrogens is 291 g/mol. The molecule has 0 saturated carbocycles. The molecule has 3 aromatic rings. The lowest BCUT2D eigenvalue weighted by Crippen LogP contribution is -2.04. The van der Waals surface area contributed by atoms with Crippen LogP contribution >= 0.6 is 12.2 Å². The fourth-order valence-corrected chi connectivity index (χ4v) is 2.25. The van der Waals surface area contributed by atoms with Gasteiger partial charge in [-0.1, -0.05) is 5.16 Å². The van der Waals surface area contributed by atoms with Gasteiger partial charge in [-0.3, -0.25) is 0 Å². The van der Waals surface area contributed by atoms with E-state index in [2.05, 4.69) is 10.1 Å². The molecular formula is C12H8F3N3OS. The minimum atomic E-state index is -4.38. The van der Waals surface area contributed by atoms with E-state index in [0.717, 1.165) is 12.1 Å². The fraction of sp³-hybridized carbons (Fsp3) is 0.167. The molecule has 0 aliphatic carbocycles. The van der Waals surface area contributed by atoms with Crippen LogP contribution in [0.1, 0.15) is 11.3 Å². The number of aromatic amines is 1. The minimum Gasteiger partial charge on any atom is -0.359 e. The van der Waals surface area contributed by atoms with E-state index in [1.807, 2.05) is 0 Å². The molecule has 0 fully saturated rings. The second kappa shape index (κ2) is 4.48. The highest BCUT2D eigenvalue weighted by atomic mass is 32.1. The Morgan fingerprint density at radius 3 is 2.75 bits per heavy atom. The number of nitrogens with zero attached hydrogens (tertiary/aromatic N) is 2. The molecule has 8 heteroatoms. The smallest absolute Gasteiger partial charge is 0.359 e. The fourth-order valence-electron chi connectivity index (χ4n) is 1.98. The van der Waals surface area contributed by atoms with Crippen LogP contribution < -0.4 is 0 Å². The third kappa shape index (κ3) is 2.22. The van der Waals surface area contributed by atoms with Gasteiger partial charge in [0.05, 0.1) is 29.3 Å². The molecule has 0 unspecified atom stereocenters. The molecule has 0 spiro atoms. The lowest BCUT2D eigenvalue weighted by Gasteiger charge is -2.06. The van der Waals surface area contributed by atoms with Gasteiger partial charge in [0.2, 0.25) is 0 Å². The van der Waals surface area contributed by atoms with Crippen molar-refractivity contribution in [2.75, 3.05) is 0 Å². The van der Waals surface area contributed by atoms with E-state index >= 15 is 0 Å². The Kier molecular flexibility index (Phi) is 2.89. The summed E-state index contributed by atoms with van der Waals surface area (Å²) in [7, 11) is 0. The first-order chi connectivity index (χ1) is 9.45. The van der Waals surface area contributed by atoms with Crippen LogP contribution in [0.2, 0.25) is 0 Å². The van der Waals surface area contributed by atoms with E-state index in [4.69, 9.17) is 16.7 Å². The lowest BCUT2D eigenvalue weighted by atomic mass is 10.2. The van der Waals surface area contributed by atoms with E-state index in [1.54, 1.807) is 10.6 Å². The quantitative estimate of drug-likeness (QED) is 0.733. The number of nitrogens with one attached hydrogen (secondary N) is 1. The summed E-state index contributed by atoms with van der Waals surface area (Å²) in [5, 5.41) is 3.58. The highest BCUT2D eigenvalue weighted by molar-refractivity contribution is 7.71. The number of alkyl halides is 3. The van der Waals surface area contributed by atoms with Gasteiger partial charge in [0.1, 0.15) is 0 Å². The Labute approximate surface area is 115 Å². The molecule has 1 N–H and O–H groups in total. The molecule has 0 aliphatic rings. The Morgan fingerprint density at radius 1 is 1.30 bits per heavy atom. The second-order valence-electron chi connectivity index (χ2n) is 4.22. The first-order valence-electron chi connectivity index (χ1n) is 5.64. The zero-order valence-electron chi connectivity index (χ0n) is 9.94. The van der Waals surface area contributed by atoms with Crippen LogP contribution in [-0.4, -0.2) is 14.7 Å². The molecule has 2 heterocycles. The second-order valence-corrected chi connectivity index (χ2v) is 4.61. The summed E-state index contributed by atoms with van der Waals surface area (Å²) in [6.45, 7) is 0.310. The molecule has 3 rings (SSSR count). The topological polar surface area (TPSA) is 46.8 Å². The van der Waals surface area contributed by atoms with Crippen molar-refractivity contribution in [3.8, 4) is 0 Å². The predicted octanol–water partition coefficient (Wildman–Crippen LogP) is 3.75. The van der Waals surface area contributed by atoms with Gasteiger partial charge < -0.3 is 14.1 Å². The van der Waals surface area contributed by atoms with Crippen molar-refractivity contribution >= 4 is 23.3 Å².